The molecule has 0 fully saturated rings. The highest BCUT2D eigenvalue weighted by Crippen LogP contribution is 2.31. The molecule has 0 N–H and O–H groups in total. The Labute approximate surface area is 129 Å². The average molecular weight is 283 g/mol. The van der Waals surface area contributed by atoms with Crippen LogP contribution in [0.1, 0.15) is 11.1 Å². The van der Waals surface area contributed by atoms with Crippen molar-refractivity contribution in [2.24, 2.45) is 0 Å². The van der Waals surface area contributed by atoms with E-state index in [1.54, 1.807) is 0 Å². The Balaban J connectivity index is 1.78. The van der Waals surface area contributed by atoms with Gasteiger partial charge in [-0.3, -0.25) is 0 Å². The molecule has 4 aromatic rings. The van der Waals surface area contributed by atoms with Crippen LogP contribution in [0.4, 0.5) is 0 Å². The molecule has 0 aliphatic rings. The van der Waals surface area contributed by atoms with Crippen LogP contribution in [0, 0.1) is 6.42 Å². The van der Waals surface area contributed by atoms with Crippen molar-refractivity contribution in [1.29, 1.82) is 0 Å². The molecule has 22 heavy (non-hydrogen) atoms. The lowest BCUT2D eigenvalue weighted by atomic mass is 9.98. The minimum absolute atomic E-state index is 0.906. The molecule has 0 amide bonds. The summed E-state index contributed by atoms with van der Waals surface area (Å²) >= 11 is 0. The number of benzene rings is 3. The highest BCUT2D eigenvalue weighted by atomic mass is 16.3. The zero-order valence-corrected chi connectivity index (χ0v) is 12.1. The van der Waals surface area contributed by atoms with Gasteiger partial charge in [0, 0.05) is 17.4 Å². The van der Waals surface area contributed by atoms with Gasteiger partial charge in [0.05, 0.1) is 0 Å². The minimum Gasteiger partial charge on any atom is -0.456 e. The molecular weight excluding hydrogens is 268 g/mol. The Bertz CT molecular complexity index is 870. The lowest BCUT2D eigenvalue weighted by Gasteiger charge is -2.07. The van der Waals surface area contributed by atoms with Gasteiger partial charge >= 0.3 is 0 Å². The molecular formula is C21H15O. The first-order valence-corrected chi connectivity index (χ1v) is 7.38. The van der Waals surface area contributed by atoms with Crippen LogP contribution in [-0.4, -0.2) is 0 Å². The molecule has 105 valence electrons. The molecule has 0 bridgehead atoms. The summed E-state index contributed by atoms with van der Waals surface area (Å²) < 4.78 is 6.01. The smallest absolute Gasteiger partial charge is 0.135 e. The summed E-state index contributed by atoms with van der Waals surface area (Å²) in [6, 6.07) is 28.9. The molecule has 1 radical (unpaired) electrons. The van der Waals surface area contributed by atoms with Gasteiger partial charge in [-0.1, -0.05) is 72.8 Å². The van der Waals surface area contributed by atoms with E-state index in [0.717, 1.165) is 27.9 Å². The molecule has 1 aromatic heterocycles. The average Bonchev–Trinajstić information content (AvgIpc) is 3.00. The quantitative estimate of drug-likeness (QED) is 0.470. The second kappa shape index (κ2) is 5.53. The summed E-state index contributed by atoms with van der Waals surface area (Å²) in [6.45, 7) is 0. The molecule has 0 aliphatic carbocycles. The first kappa shape index (κ1) is 12.9. The lowest BCUT2D eigenvalue weighted by molar-refractivity contribution is 0.631. The highest BCUT2D eigenvalue weighted by molar-refractivity contribution is 5.83. The van der Waals surface area contributed by atoms with E-state index in [-0.39, 0.29) is 0 Å². The minimum atomic E-state index is 0.906. The van der Waals surface area contributed by atoms with E-state index >= 15 is 0 Å². The van der Waals surface area contributed by atoms with Gasteiger partial charge in [-0.05, 0) is 23.3 Å². The number of furan rings is 1. The van der Waals surface area contributed by atoms with Crippen LogP contribution in [0.15, 0.2) is 89.3 Å². The largest absolute Gasteiger partial charge is 0.456 e. The standard InChI is InChI=1S/C21H15O/c1-2-8-16(9-3-1)14-17-10-4-6-12-19(17)21-15-18-11-5-7-13-20(18)22-21/h1-15H. The molecule has 1 heteroatoms. The number of hydrogen-bond acceptors (Lipinski definition) is 1. The van der Waals surface area contributed by atoms with E-state index in [9.17, 15) is 0 Å². The fraction of sp³-hybridized carbons (Fsp3) is 0. The van der Waals surface area contributed by atoms with Gasteiger partial charge in [0.15, 0.2) is 0 Å². The molecule has 0 saturated heterocycles. The van der Waals surface area contributed by atoms with E-state index in [1.807, 2.05) is 30.3 Å². The Morgan fingerprint density at radius 2 is 1.41 bits per heavy atom. The van der Waals surface area contributed by atoms with Crippen LogP contribution in [0.25, 0.3) is 22.3 Å². The molecule has 0 spiro atoms. The number of hydrogen-bond donors (Lipinski definition) is 0. The second-order valence-electron chi connectivity index (χ2n) is 5.29. The SMILES string of the molecule is [CH](c1ccccc1)c1ccccc1-c1cc2ccccc2o1. The van der Waals surface area contributed by atoms with Crippen LogP contribution in [0.5, 0.6) is 0 Å². The fourth-order valence-corrected chi connectivity index (χ4v) is 2.69. The van der Waals surface area contributed by atoms with E-state index in [4.69, 9.17) is 4.42 Å². The van der Waals surface area contributed by atoms with Crippen molar-refractivity contribution in [3.63, 3.8) is 0 Å². The van der Waals surface area contributed by atoms with Crippen LogP contribution < -0.4 is 0 Å². The van der Waals surface area contributed by atoms with E-state index in [2.05, 4.69) is 61.0 Å². The van der Waals surface area contributed by atoms with Crippen LogP contribution in [-0.2, 0) is 0 Å². The van der Waals surface area contributed by atoms with Crippen molar-refractivity contribution in [1.82, 2.24) is 0 Å². The number of rotatable bonds is 3. The Kier molecular flexibility index (Phi) is 3.24. The van der Waals surface area contributed by atoms with Crippen LogP contribution in [0.3, 0.4) is 0 Å². The lowest BCUT2D eigenvalue weighted by Crippen LogP contribution is -1.88. The third-order valence-corrected chi connectivity index (χ3v) is 3.77. The van der Waals surface area contributed by atoms with E-state index in [0.29, 0.717) is 0 Å². The molecule has 4 rings (SSSR count). The monoisotopic (exact) mass is 283 g/mol. The topological polar surface area (TPSA) is 13.1 Å². The highest BCUT2D eigenvalue weighted by Gasteiger charge is 2.10. The van der Waals surface area contributed by atoms with E-state index in [1.165, 1.54) is 5.56 Å². The Morgan fingerprint density at radius 3 is 2.27 bits per heavy atom. The van der Waals surface area contributed by atoms with Gasteiger partial charge in [0.1, 0.15) is 11.3 Å². The maximum Gasteiger partial charge on any atom is 0.135 e. The number of para-hydroxylation sites is 1. The summed E-state index contributed by atoms with van der Waals surface area (Å²) in [4.78, 5) is 0. The molecule has 1 nitrogen and oxygen atoms in total. The van der Waals surface area contributed by atoms with Gasteiger partial charge in [0.2, 0.25) is 0 Å². The first-order chi connectivity index (χ1) is 10.9. The van der Waals surface area contributed by atoms with Crippen molar-refractivity contribution < 1.29 is 4.42 Å². The van der Waals surface area contributed by atoms with Crippen molar-refractivity contribution in [3.05, 3.63) is 102 Å². The van der Waals surface area contributed by atoms with Gasteiger partial charge in [-0.15, -0.1) is 0 Å². The number of fused-ring (bicyclic) bond motifs is 1. The Hall–Kier alpha value is -2.80. The molecule has 0 aliphatic heterocycles. The third-order valence-electron chi connectivity index (χ3n) is 3.77. The summed E-state index contributed by atoms with van der Waals surface area (Å²) in [6.07, 6.45) is 2.18. The predicted molar refractivity (Wildman–Crippen MR) is 90.6 cm³/mol. The molecule has 0 saturated carbocycles. The molecule has 0 atom stereocenters. The summed E-state index contributed by atoms with van der Waals surface area (Å²) in [5.74, 6) is 0.906. The van der Waals surface area contributed by atoms with Crippen molar-refractivity contribution in [3.8, 4) is 11.3 Å². The predicted octanol–water partition coefficient (Wildman–Crippen LogP) is 5.70. The molecule has 1 heterocycles. The van der Waals surface area contributed by atoms with Crippen LogP contribution >= 0.6 is 0 Å². The van der Waals surface area contributed by atoms with Gasteiger partial charge in [0.25, 0.3) is 0 Å². The third kappa shape index (κ3) is 2.42. The summed E-state index contributed by atoms with van der Waals surface area (Å²) in [5, 5.41) is 1.13. The zero-order valence-electron chi connectivity index (χ0n) is 12.1. The maximum atomic E-state index is 6.01. The molecule has 0 unspecified atom stereocenters. The summed E-state index contributed by atoms with van der Waals surface area (Å²) in [5.41, 5.74) is 4.38. The van der Waals surface area contributed by atoms with Gasteiger partial charge in [-0.2, -0.15) is 0 Å². The first-order valence-electron chi connectivity index (χ1n) is 7.38. The maximum absolute atomic E-state index is 6.01. The van der Waals surface area contributed by atoms with Crippen LogP contribution in [0.2, 0.25) is 0 Å². The van der Waals surface area contributed by atoms with Crippen molar-refractivity contribution in [2.45, 2.75) is 0 Å². The van der Waals surface area contributed by atoms with E-state index < -0.39 is 0 Å². The van der Waals surface area contributed by atoms with Crippen molar-refractivity contribution in [2.75, 3.05) is 0 Å². The van der Waals surface area contributed by atoms with Crippen molar-refractivity contribution >= 4 is 11.0 Å². The van der Waals surface area contributed by atoms with Gasteiger partial charge < -0.3 is 4.42 Å². The molecule has 3 aromatic carbocycles. The second-order valence-corrected chi connectivity index (χ2v) is 5.29. The normalized spacial score (nSPS) is 10.9. The fourth-order valence-electron chi connectivity index (χ4n) is 2.69. The Morgan fingerprint density at radius 1 is 0.682 bits per heavy atom. The zero-order chi connectivity index (χ0) is 14.8. The van der Waals surface area contributed by atoms with Gasteiger partial charge in [-0.25, -0.2) is 0 Å². The summed E-state index contributed by atoms with van der Waals surface area (Å²) in [7, 11) is 0.